The summed E-state index contributed by atoms with van der Waals surface area (Å²) in [5.74, 6) is 4.66. The maximum absolute atomic E-state index is 12.2. The first-order chi connectivity index (χ1) is 15.7. The van der Waals surface area contributed by atoms with Crippen molar-refractivity contribution in [2.45, 2.75) is 26.1 Å². The van der Waals surface area contributed by atoms with Crippen LogP contribution in [-0.4, -0.2) is 36.4 Å². The molecule has 3 rings (SSSR count). The zero-order valence-electron chi connectivity index (χ0n) is 17.7. The van der Waals surface area contributed by atoms with E-state index in [0.717, 1.165) is 22.0 Å². The van der Waals surface area contributed by atoms with E-state index < -0.39 is 6.36 Å². The number of halogens is 3. The molecular weight excluding hydrogens is 437 g/mol. The third-order valence-corrected chi connectivity index (χ3v) is 4.53. The number of aromatic amines is 1. The molecule has 0 fully saturated rings. The van der Waals surface area contributed by atoms with Crippen molar-refractivity contribution in [3.05, 3.63) is 65.4 Å². The maximum Gasteiger partial charge on any atom is 0.573 e. The maximum atomic E-state index is 12.2. The molecule has 1 aromatic heterocycles. The van der Waals surface area contributed by atoms with E-state index in [-0.39, 0.29) is 37.0 Å². The largest absolute Gasteiger partial charge is 0.573 e. The zero-order valence-corrected chi connectivity index (χ0v) is 17.7. The summed E-state index contributed by atoms with van der Waals surface area (Å²) in [5.41, 5.74) is 2.93. The van der Waals surface area contributed by atoms with Crippen molar-refractivity contribution in [1.29, 1.82) is 0 Å². The predicted octanol–water partition coefficient (Wildman–Crippen LogP) is 3.88. The molecule has 0 aliphatic carbocycles. The van der Waals surface area contributed by atoms with Gasteiger partial charge in [0.25, 0.3) is 0 Å². The van der Waals surface area contributed by atoms with Gasteiger partial charge in [-0.2, -0.15) is 0 Å². The van der Waals surface area contributed by atoms with Gasteiger partial charge in [0.1, 0.15) is 5.75 Å². The Balaban J connectivity index is 1.50. The van der Waals surface area contributed by atoms with Gasteiger partial charge in [-0.3, -0.25) is 9.59 Å². The van der Waals surface area contributed by atoms with Gasteiger partial charge in [0, 0.05) is 22.7 Å². The Morgan fingerprint density at radius 2 is 1.85 bits per heavy atom. The molecule has 0 atom stereocenters. The van der Waals surface area contributed by atoms with Crippen molar-refractivity contribution in [3.63, 3.8) is 0 Å². The Labute approximate surface area is 188 Å². The summed E-state index contributed by atoms with van der Waals surface area (Å²) in [6.45, 7) is 2.17. The molecule has 1 heterocycles. The molecule has 0 bridgehead atoms. The lowest BCUT2D eigenvalue weighted by Crippen LogP contribution is -2.25. The highest BCUT2D eigenvalue weighted by atomic mass is 19.4. The molecule has 0 radical (unpaired) electrons. The third kappa shape index (κ3) is 7.31. The Hall–Kier alpha value is -3.93. The number of rotatable bonds is 7. The molecule has 1 amide bonds. The van der Waals surface area contributed by atoms with Gasteiger partial charge in [0.05, 0.1) is 26.0 Å². The second-order valence-electron chi connectivity index (χ2n) is 7.00. The van der Waals surface area contributed by atoms with Crippen molar-refractivity contribution >= 4 is 22.8 Å². The Morgan fingerprint density at radius 1 is 1.09 bits per heavy atom. The number of alkyl halides is 3. The average Bonchev–Trinajstić information content (AvgIpc) is 3.13. The molecule has 2 aromatic carbocycles. The Kier molecular flexibility index (Phi) is 7.61. The summed E-state index contributed by atoms with van der Waals surface area (Å²) < 4.78 is 45.3. The molecule has 6 nitrogen and oxygen atoms in total. The van der Waals surface area contributed by atoms with Crippen LogP contribution in [0.5, 0.6) is 5.75 Å². The molecule has 0 spiro atoms. The number of H-pyrrole nitrogens is 1. The van der Waals surface area contributed by atoms with Crippen molar-refractivity contribution in [2.75, 3.05) is 13.2 Å². The molecule has 33 heavy (non-hydrogen) atoms. The van der Waals surface area contributed by atoms with Crippen LogP contribution >= 0.6 is 0 Å². The van der Waals surface area contributed by atoms with Gasteiger partial charge in [0.2, 0.25) is 5.91 Å². The van der Waals surface area contributed by atoms with Crippen molar-refractivity contribution in [3.8, 4) is 17.6 Å². The fraction of sp³-hybridized carbons (Fsp3) is 0.250. The second kappa shape index (κ2) is 10.6. The topological polar surface area (TPSA) is 80.4 Å². The number of esters is 1. The van der Waals surface area contributed by atoms with Gasteiger partial charge in [-0.15, -0.1) is 13.2 Å². The number of benzene rings is 2. The average molecular weight is 458 g/mol. The summed E-state index contributed by atoms with van der Waals surface area (Å²) in [7, 11) is 0. The normalized spacial score (nSPS) is 10.9. The highest BCUT2D eigenvalue weighted by molar-refractivity contribution is 5.88. The van der Waals surface area contributed by atoms with Gasteiger partial charge in [0.15, 0.2) is 0 Å². The predicted molar refractivity (Wildman–Crippen MR) is 115 cm³/mol. The minimum Gasteiger partial charge on any atom is -0.466 e. The van der Waals surface area contributed by atoms with Crippen LogP contribution in [0.4, 0.5) is 13.2 Å². The van der Waals surface area contributed by atoms with Crippen LogP contribution in [0, 0.1) is 11.8 Å². The third-order valence-electron chi connectivity index (χ3n) is 4.53. The van der Waals surface area contributed by atoms with Gasteiger partial charge in [-0.25, -0.2) is 0 Å². The number of fused-ring (bicyclic) bond motifs is 1. The fourth-order valence-electron chi connectivity index (χ4n) is 3.13. The SMILES string of the molecule is CCOC(=O)Cc1c[nH]c2cc(CC(=O)NCC#Cc3ccc(OC(F)(F)F)cc3)ccc12. The van der Waals surface area contributed by atoms with Crippen LogP contribution in [0.25, 0.3) is 10.9 Å². The smallest absolute Gasteiger partial charge is 0.466 e. The Bertz CT molecular complexity index is 1190. The lowest BCUT2D eigenvalue weighted by atomic mass is 10.1. The number of ether oxygens (including phenoxy) is 2. The lowest BCUT2D eigenvalue weighted by Gasteiger charge is -2.08. The summed E-state index contributed by atoms with van der Waals surface area (Å²) in [6, 6.07) is 10.7. The van der Waals surface area contributed by atoms with E-state index in [9.17, 15) is 22.8 Å². The molecule has 0 aliphatic rings. The highest BCUT2D eigenvalue weighted by Crippen LogP contribution is 2.23. The first-order valence-electron chi connectivity index (χ1n) is 10.1. The number of hydrogen-bond acceptors (Lipinski definition) is 4. The first-order valence-corrected chi connectivity index (χ1v) is 10.1. The minimum atomic E-state index is -4.74. The monoisotopic (exact) mass is 458 g/mol. The second-order valence-corrected chi connectivity index (χ2v) is 7.00. The summed E-state index contributed by atoms with van der Waals surface area (Å²) in [5, 5.41) is 3.57. The van der Waals surface area contributed by atoms with Crippen molar-refractivity contribution < 1.29 is 32.2 Å². The molecule has 9 heteroatoms. The number of carbonyl (C=O) groups is 2. The van der Waals surface area contributed by atoms with E-state index in [1.54, 1.807) is 13.1 Å². The van der Waals surface area contributed by atoms with E-state index in [1.807, 2.05) is 18.2 Å². The molecule has 0 unspecified atom stereocenters. The number of carbonyl (C=O) groups excluding carboxylic acids is 2. The van der Waals surface area contributed by atoms with Gasteiger partial charge in [-0.1, -0.05) is 24.0 Å². The standard InChI is InChI=1S/C24H21F3N2O4/c1-2-32-23(31)14-18-15-29-21-12-17(7-10-20(18)21)13-22(30)28-11-3-4-16-5-8-19(9-6-16)33-24(25,26)27/h5-10,12,15,29H,2,11,13-14H2,1H3,(H,28,30). The highest BCUT2D eigenvalue weighted by Gasteiger charge is 2.30. The summed E-state index contributed by atoms with van der Waals surface area (Å²) in [4.78, 5) is 27.0. The summed E-state index contributed by atoms with van der Waals surface area (Å²) >= 11 is 0. The van der Waals surface area contributed by atoms with Crippen LogP contribution in [0.15, 0.2) is 48.7 Å². The number of nitrogens with one attached hydrogen (secondary N) is 2. The van der Waals surface area contributed by atoms with Gasteiger partial charge >= 0.3 is 12.3 Å². The molecule has 0 aliphatic heterocycles. The molecule has 0 saturated heterocycles. The number of hydrogen-bond donors (Lipinski definition) is 2. The molecule has 0 saturated carbocycles. The minimum absolute atomic E-state index is 0.0913. The van der Waals surface area contributed by atoms with E-state index in [1.165, 1.54) is 24.3 Å². The van der Waals surface area contributed by atoms with Crippen molar-refractivity contribution in [1.82, 2.24) is 10.3 Å². The van der Waals surface area contributed by atoms with Crippen LogP contribution in [0.3, 0.4) is 0 Å². The van der Waals surface area contributed by atoms with E-state index in [4.69, 9.17) is 4.74 Å². The molecule has 172 valence electrons. The number of amides is 1. The lowest BCUT2D eigenvalue weighted by molar-refractivity contribution is -0.274. The summed E-state index contributed by atoms with van der Waals surface area (Å²) in [6.07, 6.45) is -2.67. The van der Waals surface area contributed by atoms with Crippen LogP contribution in [-0.2, 0) is 27.2 Å². The van der Waals surface area contributed by atoms with E-state index >= 15 is 0 Å². The molecular formula is C24H21F3N2O4. The zero-order chi connectivity index (χ0) is 23.8. The van der Waals surface area contributed by atoms with Gasteiger partial charge in [-0.05, 0) is 48.4 Å². The van der Waals surface area contributed by atoms with Crippen LogP contribution in [0.2, 0.25) is 0 Å². The molecule has 3 aromatic rings. The Morgan fingerprint density at radius 3 is 2.55 bits per heavy atom. The van der Waals surface area contributed by atoms with E-state index in [2.05, 4.69) is 26.9 Å². The van der Waals surface area contributed by atoms with Crippen LogP contribution in [0.1, 0.15) is 23.6 Å². The van der Waals surface area contributed by atoms with Gasteiger partial charge < -0.3 is 19.8 Å². The van der Waals surface area contributed by atoms with Crippen molar-refractivity contribution in [2.24, 2.45) is 0 Å². The fourth-order valence-corrected chi connectivity index (χ4v) is 3.13. The molecule has 2 N–H and O–H groups in total. The van der Waals surface area contributed by atoms with Crippen LogP contribution < -0.4 is 10.1 Å². The number of aromatic nitrogens is 1. The van der Waals surface area contributed by atoms with E-state index in [0.29, 0.717) is 12.2 Å². The quantitative estimate of drug-likeness (QED) is 0.416. The first kappa shape index (κ1) is 23.7.